The number of nitrogens with one attached hydrogen (secondary N) is 2. The molecule has 0 bridgehead atoms. The Morgan fingerprint density at radius 3 is 2.56 bits per heavy atom. The lowest BCUT2D eigenvalue weighted by molar-refractivity contribution is -0.121. The fraction of sp³-hybridized carbons (Fsp3) is 0.448. The van der Waals surface area contributed by atoms with E-state index in [1.807, 2.05) is 31.2 Å². The summed E-state index contributed by atoms with van der Waals surface area (Å²) in [6.45, 7) is 5.39. The maximum Gasteiger partial charge on any atom is 0.224 e. The third-order valence-corrected chi connectivity index (χ3v) is 7.62. The van der Waals surface area contributed by atoms with Gasteiger partial charge in [-0.15, -0.1) is 0 Å². The number of benzene rings is 1. The molecular formula is C29H36N6O4. The first-order chi connectivity index (χ1) is 18.9. The number of hydrogen-bond donors (Lipinski definition) is 3. The highest BCUT2D eigenvalue weighted by Gasteiger charge is 2.35. The molecule has 1 aliphatic heterocycles. The van der Waals surface area contributed by atoms with Crippen molar-refractivity contribution < 1.29 is 14.3 Å². The standard InChI is InChI=1S/C29H36N6O4/c1-3-34-28(30)23(15-25(36)31-2)27(38)22-10-11-24(33-29(22)34)19-6-4-18(5-7-19)14-26(37)32-16-21-17-39-13-12-35(21)20-8-9-20/h4-7,10-11,20-21H,3,8-9,12-17,30H2,1-2H3,(H,31,36)(H,32,37). The molecule has 1 aliphatic carbocycles. The van der Waals surface area contributed by atoms with E-state index in [-0.39, 0.29) is 41.1 Å². The molecule has 1 aromatic carbocycles. The van der Waals surface area contributed by atoms with E-state index in [0.717, 1.165) is 24.3 Å². The van der Waals surface area contributed by atoms with E-state index >= 15 is 0 Å². The predicted octanol–water partition coefficient (Wildman–Crippen LogP) is 1.48. The van der Waals surface area contributed by atoms with Crippen LogP contribution in [0.25, 0.3) is 22.3 Å². The summed E-state index contributed by atoms with van der Waals surface area (Å²) in [7, 11) is 1.53. The molecule has 1 saturated carbocycles. The highest BCUT2D eigenvalue weighted by atomic mass is 16.5. The number of pyridine rings is 2. The molecule has 1 atom stereocenters. The Bertz CT molecular complexity index is 1430. The maximum absolute atomic E-state index is 13.1. The van der Waals surface area contributed by atoms with Gasteiger partial charge in [0.25, 0.3) is 0 Å². The second kappa shape index (κ2) is 11.5. The molecule has 4 N–H and O–H groups in total. The number of carbonyl (C=O) groups excluding carboxylic acids is 2. The Labute approximate surface area is 227 Å². The van der Waals surface area contributed by atoms with Gasteiger partial charge in [0.15, 0.2) is 5.43 Å². The number of hydrogen-bond acceptors (Lipinski definition) is 7. The lowest BCUT2D eigenvalue weighted by Crippen LogP contribution is -2.52. The molecule has 1 saturated heterocycles. The minimum Gasteiger partial charge on any atom is -0.385 e. The number of nitrogen functional groups attached to an aromatic ring is 1. The smallest absolute Gasteiger partial charge is 0.224 e. The summed E-state index contributed by atoms with van der Waals surface area (Å²) in [5.74, 6) is -0.0325. The first kappa shape index (κ1) is 26.8. The van der Waals surface area contributed by atoms with Crippen LogP contribution in [0.5, 0.6) is 0 Å². The second-order valence-electron chi connectivity index (χ2n) is 10.2. The van der Waals surface area contributed by atoms with Crippen LogP contribution >= 0.6 is 0 Å². The quantitative estimate of drug-likeness (QED) is 0.380. The zero-order valence-electron chi connectivity index (χ0n) is 22.5. The minimum atomic E-state index is -0.281. The molecule has 39 heavy (non-hydrogen) atoms. The van der Waals surface area contributed by atoms with Crippen LogP contribution in [0.15, 0.2) is 41.2 Å². The predicted molar refractivity (Wildman–Crippen MR) is 150 cm³/mol. The Balaban J connectivity index is 1.29. The van der Waals surface area contributed by atoms with Crippen LogP contribution in [0.3, 0.4) is 0 Å². The molecule has 10 nitrogen and oxygen atoms in total. The van der Waals surface area contributed by atoms with Gasteiger partial charge in [-0.2, -0.15) is 0 Å². The van der Waals surface area contributed by atoms with Gasteiger partial charge in [0.1, 0.15) is 11.5 Å². The van der Waals surface area contributed by atoms with Crippen LogP contribution in [0.4, 0.5) is 5.82 Å². The van der Waals surface area contributed by atoms with E-state index in [1.54, 1.807) is 16.7 Å². The Morgan fingerprint density at radius 1 is 1.10 bits per heavy atom. The lowest BCUT2D eigenvalue weighted by Gasteiger charge is -2.35. The van der Waals surface area contributed by atoms with Crippen LogP contribution in [0, 0.1) is 0 Å². The largest absolute Gasteiger partial charge is 0.385 e. The van der Waals surface area contributed by atoms with Gasteiger partial charge < -0.3 is 25.7 Å². The van der Waals surface area contributed by atoms with Gasteiger partial charge in [0.05, 0.1) is 43.2 Å². The van der Waals surface area contributed by atoms with E-state index < -0.39 is 0 Å². The summed E-state index contributed by atoms with van der Waals surface area (Å²) in [6, 6.07) is 12.1. The third-order valence-electron chi connectivity index (χ3n) is 7.62. The number of aromatic nitrogens is 2. The van der Waals surface area contributed by atoms with Crippen LogP contribution in [-0.4, -0.2) is 71.7 Å². The summed E-state index contributed by atoms with van der Waals surface area (Å²) in [5, 5.41) is 6.04. The van der Waals surface area contributed by atoms with Gasteiger partial charge in [-0.25, -0.2) is 4.98 Å². The van der Waals surface area contributed by atoms with E-state index in [9.17, 15) is 14.4 Å². The Kier molecular flexibility index (Phi) is 7.94. The van der Waals surface area contributed by atoms with Crippen LogP contribution < -0.4 is 21.8 Å². The summed E-state index contributed by atoms with van der Waals surface area (Å²) >= 11 is 0. The molecule has 206 valence electrons. The van der Waals surface area contributed by atoms with Gasteiger partial charge in [-0.1, -0.05) is 24.3 Å². The first-order valence-electron chi connectivity index (χ1n) is 13.6. The lowest BCUT2D eigenvalue weighted by atomic mass is 10.0. The molecule has 3 heterocycles. The molecule has 2 aliphatic rings. The summed E-state index contributed by atoms with van der Waals surface area (Å²) in [5.41, 5.74) is 9.25. The number of nitrogens with two attached hydrogens (primary N) is 1. The highest BCUT2D eigenvalue weighted by molar-refractivity contribution is 5.85. The summed E-state index contributed by atoms with van der Waals surface area (Å²) in [4.78, 5) is 44.9. The molecule has 3 aromatic rings. The SMILES string of the molecule is CCn1c(N)c(CC(=O)NC)c(=O)c2ccc(-c3ccc(CC(=O)NCC4COCCN4C4CC4)cc3)nc21. The first-order valence-corrected chi connectivity index (χ1v) is 13.6. The average Bonchev–Trinajstić information content (AvgIpc) is 3.80. The molecule has 10 heteroatoms. The highest BCUT2D eigenvalue weighted by Crippen LogP contribution is 2.29. The van der Waals surface area contributed by atoms with Crippen LogP contribution in [-0.2, 0) is 33.7 Å². The van der Waals surface area contributed by atoms with Crippen LogP contribution in [0.2, 0.25) is 0 Å². The second-order valence-corrected chi connectivity index (χ2v) is 10.2. The minimum absolute atomic E-state index is 0.0112. The van der Waals surface area contributed by atoms with Crippen molar-refractivity contribution in [3.8, 4) is 11.3 Å². The number of ether oxygens (including phenoxy) is 1. The van der Waals surface area contributed by atoms with Gasteiger partial charge in [-0.05, 0) is 37.5 Å². The van der Waals surface area contributed by atoms with E-state index in [2.05, 4.69) is 15.5 Å². The van der Waals surface area contributed by atoms with Crippen molar-refractivity contribution in [1.82, 2.24) is 25.1 Å². The summed E-state index contributed by atoms with van der Waals surface area (Å²) in [6.07, 6.45) is 2.69. The Morgan fingerprint density at radius 2 is 1.87 bits per heavy atom. The molecule has 5 rings (SSSR count). The van der Waals surface area contributed by atoms with Gasteiger partial charge in [0.2, 0.25) is 11.8 Å². The normalized spacial score (nSPS) is 17.7. The molecule has 2 fully saturated rings. The molecule has 0 spiro atoms. The van der Waals surface area contributed by atoms with Crippen molar-refractivity contribution in [3.63, 3.8) is 0 Å². The number of aryl methyl sites for hydroxylation is 1. The van der Waals surface area contributed by atoms with Crippen LogP contribution in [0.1, 0.15) is 30.9 Å². The van der Waals surface area contributed by atoms with Crippen molar-refractivity contribution in [1.29, 1.82) is 0 Å². The van der Waals surface area contributed by atoms with E-state index in [1.165, 1.54) is 19.9 Å². The average molecular weight is 533 g/mol. The number of carbonyl (C=O) groups is 2. The Hall–Kier alpha value is -3.76. The number of nitrogens with zero attached hydrogens (tertiary/aromatic N) is 3. The van der Waals surface area contributed by atoms with E-state index in [4.69, 9.17) is 15.5 Å². The molecule has 2 amide bonds. The number of fused-ring (bicyclic) bond motifs is 1. The zero-order valence-corrected chi connectivity index (χ0v) is 22.5. The van der Waals surface area contributed by atoms with Crippen molar-refractivity contribution in [3.05, 3.63) is 57.7 Å². The van der Waals surface area contributed by atoms with Gasteiger partial charge in [0, 0.05) is 43.9 Å². The maximum atomic E-state index is 13.1. The third kappa shape index (κ3) is 5.81. The number of rotatable bonds is 9. The molecule has 1 unspecified atom stereocenters. The number of morpholine rings is 1. The summed E-state index contributed by atoms with van der Waals surface area (Å²) < 4.78 is 7.40. The van der Waals surface area contributed by atoms with Crippen molar-refractivity contribution in [2.45, 2.75) is 51.2 Å². The molecule has 2 aromatic heterocycles. The molecular weight excluding hydrogens is 496 g/mol. The van der Waals surface area contributed by atoms with E-state index in [0.29, 0.717) is 48.9 Å². The fourth-order valence-corrected chi connectivity index (χ4v) is 5.29. The van der Waals surface area contributed by atoms with Crippen molar-refractivity contribution in [2.24, 2.45) is 0 Å². The number of likely N-dealkylation sites (N-methyl/N-ethyl adjacent to an activating group) is 1. The topological polar surface area (TPSA) is 132 Å². The van der Waals surface area contributed by atoms with Gasteiger partial charge in [-0.3, -0.25) is 19.3 Å². The van der Waals surface area contributed by atoms with Crippen molar-refractivity contribution in [2.75, 3.05) is 39.1 Å². The zero-order chi connectivity index (χ0) is 27.5. The number of anilines is 1. The van der Waals surface area contributed by atoms with Gasteiger partial charge >= 0.3 is 0 Å². The fourth-order valence-electron chi connectivity index (χ4n) is 5.29. The van der Waals surface area contributed by atoms with Crippen molar-refractivity contribution >= 4 is 28.7 Å². The molecule has 0 radical (unpaired) electrons. The monoisotopic (exact) mass is 532 g/mol. The number of amides is 2.